The Kier molecular flexibility index (Phi) is 6.81. The van der Waals surface area contributed by atoms with Gasteiger partial charge in [0.25, 0.3) is 0 Å². The third kappa shape index (κ3) is 5.71. The zero-order valence-corrected chi connectivity index (χ0v) is 18.3. The molecular formula is C23H26ClNO3S. The Balaban J connectivity index is 1.82. The van der Waals surface area contributed by atoms with Crippen LogP contribution in [0.25, 0.3) is 6.08 Å². The Morgan fingerprint density at radius 3 is 2.45 bits per heavy atom. The molecule has 0 aromatic heterocycles. The van der Waals surface area contributed by atoms with E-state index in [2.05, 4.69) is 26.0 Å². The van der Waals surface area contributed by atoms with E-state index in [9.17, 15) is 13.2 Å². The molecular weight excluding hydrogens is 406 g/mol. The molecule has 3 rings (SSSR count). The van der Waals surface area contributed by atoms with Crippen molar-refractivity contribution in [1.29, 1.82) is 0 Å². The van der Waals surface area contributed by atoms with E-state index in [0.717, 1.165) is 11.1 Å². The molecule has 0 spiro atoms. The summed E-state index contributed by atoms with van der Waals surface area (Å²) in [7, 11) is -3.10. The van der Waals surface area contributed by atoms with E-state index < -0.39 is 9.84 Å². The molecule has 4 nitrogen and oxygen atoms in total. The van der Waals surface area contributed by atoms with Gasteiger partial charge in [0.2, 0.25) is 5.91 Å². The van der Waals surface area contributed by atoms with E-state index in [1.54, 1.807) is 17.0 Å². The Morgan fingerprint density at radius 2 is 1.86 bits per heavy atom. The lowest BCUT2D eigenvalue weighted by Crippen LogP contribution is -2.39. The standard InChI is InChI=1S/C23H26ClNO3S/c1-17(2)19-9-7-18(8-10-19)15-25(21-13-14-29(27,28)16-21)23(26)12-11-20-5-3-4-6-22(20)24/h3-12,17,21H,13-16H2,1-2H3/b12-11+/t21-/m0/s1. The fraction of sp³-hybridized carbons (Fsp3) is 0.348. The molecule has 2 aromatic rings. The van der Waals surface area contributed by atoms with Gasteiger partial charge in [0.05, 0.1) is 11.5 Å². The fourth-order valence-corrected chi connectivity index (χ4v) is 5.41. The summed E-state index contributed by atoms with van der Waals surface area (Å²) in [6, 6.07) is 15.1. The molecule has 1 saturated heterocycles. The van der Waals surface area contributed by atoms with Gasteiger partial charge in [-0.05, 0) is 41.2 Å². The van der Waals surface area contributed by atoms with Crippen LogP contribution in [0.1, 0.15) is 42.9 Å². The van der Waals surface area contributed by atoms with Crippen LogP contribution < -0.4 is 0 Å². The minimum absolute atomic E-state index is 0.0166. The first-order valence-electron chi connectivity index (χ1n) is 9.77. The van der Waals surface area contributed by atoms with Crippen LogP contribution >= 0.6 is 11.6 Å². The van der Waals surface area contributed by atoms with E-state index in [1.807, 2.05) is 30.3 Å². The molecule has 1 fully saturated rings. The summed E-state index contributed by atoms with van der Waals surface area (Å²) in [5.41, 5.74) is 2.97. The van der Waals surface area contributed by atoms with Crippen molar-refractivity contribution in [1.82, 2.24) is 4.90 Å². The largest absolute Gasteiger partial charge is 0.331 e. The van der Waals surface area contributed by atoms with Crippen LogP contribution in [0.5, 0.6) is 0 Å². The van der Waals surface area contributed by atoms with E-state index in [1.165, 1.54) is 11.6 Å². The first kappa shape index (κ1) is 21.6. The number of sulfone groups is 1. The Labute approximate surface area is 178 Å². The van der Waals surface area contributed by atoms with E-state index >= 15 is 0 Å². The molecule has 0 bridgehead atoms. The summed E-state index contributed by atoms with van der Waals surface area (Å²) < 4.78 is 24.0. The predicted octanol–water partition coefficient (Wildman–Crippen LogP) is 4.69. The smallest absolute Gasteiger partial charge is 0.247 e. The summed E-state index contributed by atoms with van der Waals surface area (Å²) in [4.78, 5) is 14.7. The van der Waals surface area contributed by atoms with Gasteiger partial charge in [-0.15, -0.1) is 0 Å². The Morgan fingerprint density at radius 1 is 1.17 bits per heavy atom. The lowest BCUT2D eigenvalue weighted by atomic mass is 10.0. The molecule has 0 N–H and O–H groups in total. The number of hydrogen-bond donors (Lipinski definition) is 0. The first-order chi connectivity index (χ1) is 13.7. The molecule has 1 aliphatic rings. The van der Waals surface area contributed by atoms with Crippen LogP contribution in [0.15, 0.2) is 54.6 Å². The quantitative estimate of drug-likeness (QED) is 0.623. The average Bonchev–Trinajstić information content (AvgIpc) is 3.05. The van der Waals surface area contributed by atoms with Crippen molar-refractivity contribution in [3.05, 3.63) is 76.3 Å². The molecule has 6 heteroatoms. The minimum Gasteiger partial charge on any atom is -0.331 e. The molecule has 0 radical (unpaired) electrons. The molecule has 0 aliphatic carbocycles. The van der Waals surface area contributed by atoms with Crippen LogP contribution in [-0.4, -0.2) is 36.8 Å². The SMILES string of the molecule is CC(C)c1ccc(CN(C(=O)/C=C/c2ccccc2Cl)[C@H]2CCS(=O)(=O)C2)cc1. The summed E-state index contributed by atoms with van der Waals surface area (Å²) in [6.45, 7) is 4.64. The third-order valence-corrected chi connectivity index (χ3v) is 7.34. The third-order valence-electron chi connectivity index (χ3n) is 5.24. The number of benzene rings is 2. The second kappa shape index (κ2) is 9.14. The maximum atomic E-state index is 13.0. The highest BCUT2D eigenvalue weighted by atomic mass is 35.5. The molecule has 1 heterocycles. The molecule has 0 saturated carbocycles. The van der Waals surface area contributed by atoms with Gasteiger partial charge >= 0.3 is 0 Å². The van der Waals surface area contributed by atoms with Crippen LogP contribution in [0.3, 0.4) is 0 Å². The molecule has 2 aromatic carbocycles. The number of carbonyl (C=O) groups excluding carboxylic acids is 1. The van der Waals surface area contributed by atoms with E-state index in [-0.39, 0.29) is 23.5 Å². The number of halogens is 1. The molecule has 1 amide bonds. The summed E-state index contributed by atoms with van der Waals surface area (Å²) in [5, 5.41) is 0.566. The van der Waals surface area contributed by atoms with Crippen molar-refractivity contribution < 1.29 is 13.2 Å². The second-order valence-corrected chi connectivity index (χ2v) is 10.4. The lowest BCUT2D eigenvalue weighted by Gasteiger charge is -2.27. The predicted molar refractivity (Wildman–Crippen MR) is 119 cm³/mol. The fourth-order valence-electron chi connectivity index (χ4n) is 3.48. The van der Waals surface area contributed by atoms with Gasteiger partial charge in [0.1, 0.15) is 0 Å². The second-order valence-electron chi connectivity index (χ2n) is 7.77. The van der Waals surface area contributed by atoms with Gasteiger partial charge in [0.15, 0.2) is 9.84 Å². The van der Waals surface area contributed by atoms with E-state index in [0.29, 0.717) is 23.9 Å². The molecule has 29 heavy (non-hydrogen) atoms. The van der Waals surface area contributed by atoms with Crippen molar-refractivity contribution in [2.75, 3.05) is 11.5 Å². The van der Waals surface area contributed by atoms with Gasteiger partial charge in [-0.2, -0.15) is 0 Å². The van der Waals surface area contributed by atoms with Gasteiger partial charge in [-0.3, -0.25) is 4.79 Å². The summed E-state index contributed by atoms with van der Waals surface area (Å²) in [5.74, 6) is 0.366. The summed E-state index contributed by atoms with van der Waals surface area (Å²) in [6.07, 6.45) is 3.63. The maximum Gasteiger partial charge on any atom is 0.247 e. The number of nitrogens with zero attached hydrogens (tertiary/aromatic N) is 1. The number of rotatable bonds is 6. The lowest BCUT2D eigenvalue weighted by molar-refractivity contribution is -0.128. The van der Waals surface area contributed by atoms with Gasteiger partial charge in [-0.25, -0.2) is 8.42 Å². The van der Waals surface area contributed by atoms with Gasteiger partial charge < -0.3 is 4.90 Å². The first-order valence-corrected chi connectivity index (χ1v) is 12.0. The Hall–Kier alpha value is -2.11. The van der Waals surface area contributed by atoms with Crippen LogP contribution in [-0.2, 0) is 21.2 Å². The average molecular weight is 432 g/mol. The molecule has 0 unspecified atom stereocenters. The van der Waals surface area contributed by atoms with Gasteiger partial charge in [0, 0.05) is 23.7 Å². The zero-order valence-electron chi connectivity index (χ0n) is 16.7. The van der Waals surface area contributed by atoms with Crippen molar-refractivity contribution in [2.45, 2.75) is 38.8 Å². The highest BCUT2D eigenvalue weighted by molar-refractivity contribution is 7.91. The van der Waals surface area contributed by atoms with Crippen molar-refractivity contribution in [3.63, 3.8) is 0 Å². The summed E-state index contributed by atoms with van der Waals surface area (Å²) >= 11 is 6.17. The van der Waals surface area contributed by atoms with Crippen LogP contribution in [0.4, 0.5) is 0 Å². The highest BCUT2D eigenvalue weighted by Gasteiger charge is 2.34. The molecule has 1 atom stereocenters. The number of hydrogen-bond acceptors (Lipinski definition) is 3. The Bertz CT molecular complexity index is 997. The number of carbonyl (C=O) groups is 1. The molecule has 154 valence electrons. The zero-order chi connectivity index (χ0) is 21.0. The van der Waals surface area contributed by atoms with Crippen LogP contribution in [0, 0.1) is 0 Å². The maximum absolute atomic E-state index is 13.0. The minimum atomic E-state index is -3.10. The monoisotopic (exact) mass is 431 g/mol. The number of amides is 1. The van der Waals surface area contributed by atoms with Gasteiger partial charge in [-0.1, -0.05) is 67.9 Å². The van der Waals surface area contributed by atoms with Crippen molar-refractivity contribution >= 4 is 33.4 Å². The van der Waals surface area contributed by atoms with Crippen molar-refractivity contribution in [2.24, 2.45) is 0 Å². The van der Waals surface area contributed by atoms with Crippen LogP contribution in [0.2, 0.25) is 5.02 Å². The topological polar surface area (TPSA) is 54.5 Å². The van der Waals surface area contributed by atoms with E-state index in [4.69, 9.17) is 11.6 Å². The molecule has 1 aliphatic heterocycles. The normalized spacial score (nSPS) is 18.4. The van der Waals surface area contributed by atoms with Crippen molar-refractivity contribution in [3.8, 4) is 0 Å². The highest BCUT2D eigenvalue weighted by Crippen LogP contribution is 2.23.